The van der Waals surface area contributed by atoms with Gasteiger partial charge in [-0.15, -0.1) is 0 Å². The highest BCUT2D eigenvalue weighted by atomic mass is 16.2. The Balaban J connectivity index is 1.40. The largest absolute Gasteiger partial charge is 0.355 e. The zero-order valence-corrected chi connectivity index (χ0v) is 16.6. The van der Waals surface area contributed by atoms with Gasteiger partial charge in [-0.25, -0.2) is 0 Å². The summed E-state index contributed by atoms with van der Waals surface area (Å²) in [5.41, 5.74) is -0.243. The van der Waals surface area contributed by atoms with Crippen LogP contribution in [0.25, 0.3) is 0 Å². The van der Waals surface area contributed by atoms with Crippen LogP contribution < -0.4 is 10.6 Å². The van der Waals surface area contributed by atoms with Gasteiger partial charge in [-0.3, -0.25) is 14.4 Å². The molecule has 1 heterocycles. The number of likely N-dealkylation sites (N-methyl/N-ethyl adjacent to an activating group) is 1. The van der Waals surface area contributed by atoms with Gasteiger partial charge in [0.2, 0.25) is 17.7 Å². The van der Waals surface area contributed by atoms with Crippen molar-refractivity contribution < 1.29 is 14.4 Å². The second-order valence-corrected chi connectivity index (χ2v) is 9.48. The average Bonchev–Trinajstić information content (AvgIpc) is 3.09. The third-order valence-electron chi connectivity index (χ3n) is 7.43. The molecule has 0 aromatic carbocycles. The van der Waals surface area contributed by atoms with Gasteiger partial charge < -0.3 is 15.5 Å². The van der Waals surface area contributed by atoms with E-state index in [2.05, 4.69) is 10.6 Å². The second kappa shape index (κ2) is 7.10. The highest BCUT2D eigenvalue weighted by molar-refractivity contribution is 5.93. The van der Waals surface area contributed by atoms with E-state index in [0.717, 1.165) is 25.7 Å². The molecule has 1 aliphatic heterocycles. The van der Waals surface area contributed by atoms with Crippen LogP contribution in [0.5, 0.6) is 0 Å². The smallest absolute Gasteiger partial charge is 0.245 e. The van der Waals surface area contributed by atoms with Gasteiger partial charge >= 0.3 is 0 Å². The minimum absolute atomic E-state index is 0.0798. The Hall–Kier alpha value is -1.59. The summed E-state index contributed by atoms with van der Waals surface area (Å²) in [6.07, 6.45) is 8.41. The van der Waals surface area contributed by atoms with Crippen molar-refractivity contribution in [2.45, 2.75) is 77.3 Å². The minimum Gasteiger partial charge on any atom is -0.355 e. The number of nitrogens with zero attached hydrogens (tertiary/aromatic N) is 1. The molecule has 150 valence electrons. The normalized spacial score (nSPS) is 37.9. The number of carbonyl (C=O) groups excluding carboxylic acids is 3. The number of hydrogen-bond acceptors (Lipinski definition) is 3. The van der Waals surface area contributed by atoms with Gasteiger partial charge in [0.15, 0.2) is 0 Å². The lowest BCUT2D eigenvalue weighted by Crippen LogP contribution is -2.58. The van der Waals surface area contributed by atoms with E-state index in [1.165, 1.54) is 19.3 Å². The van der Waals surface area contributed by atoms with Crippen molar-refractivity contribution >= 4 is 17.7 Å². The van der Waals surface area contributed by atoms with Crippen LogP contribution in [0, 0.1) is 23.2 Å². The summed E-state index contributed by atoms with van der Waals surface area (Å²) >= 11 is 0. The van der Waals surface area contributed by atoms with E-state index >= 15 is 0 Å². The van der Waals surface area contributed by atoms with E-state index < -0.39 is 12.1 Å². The number of likely N-dealkylation sites (tertiary alicyclic amines) is 1. The molecule has 0 aromatic heterocycles. The van der Waals surface area contributed by atoms with Gasteiger partial charge in [0, 0.05) is 18.5 Å². The molecule has 4 saturated carbocycles. The minimum atomic E-state index is -0.569. The summed E-state index contributed by atoms with van der Waals surface area (Å²) in [5.74, 6) is 1.98. The first kappa shape index (κ1) is 18.8. The van der Waals surface area contributed by atoms with Gasteiger partial charge in [-0.1, -0.05) is 0 Å². The van der Waals surface area contributed by atoms with Crippen LogP contribution in [0.2, 0.25) is 0 Å². The van der Waals surface area contributed by atoms with Gasteiger partial charge in [-0.05, 0) is 83.0 Å². The molecule has 2 N–H and O–H groups in total. The van der Waals surface area contributed by atoms with Crippen molar-refractivity contribution in [3.63, 3.8) is 0 Å². The van der Waals surface area contributed by atoms with Gasteiger partial charge in [0.25, 0.3) is 0 Å². The zero-order valence-electron chi connectivity index (χ0n) is 16.6. The predicted molar refractivity (Wildman–Crippen MR) is 102 cm³/mol. The standard InChI is InChI=1S/C21H33N3O3/c1-3-22-18(25)17-5-4-6-24(17)19(26)13(2)23-20(27)21-10-14-7-15(11-21)9-16(8-14)12-21/h13-17H,3-12H2,1-2H3,(H,22,25)(H,23,27)/t13-,14?,15?,16?,17-,21?/m0/s1. The maximum absolute atomic E-state index is 13.2. The summed E-state index contributed by atoms with van der Waals surface area (Å²) in [5, 5.41) is 5.86. The first-order chi connectivity index (χ1) is 12.9. The van der Waals surface area contributed by atoms with Crippen LogP contribution >= 0.6 is 0 Å². The van der Waals surface area contributed by atoms with Crippen LogP contribution in [0.15, 0.2) is 0 Å². The van der Waals surface area contributed by atoms with Crippen molar-refractivity contribution in [1.82, 2.24) is 15.5 Å². The van der Waals surface area contributed by atoms with Crippen molar-refractivity contribution in [3.8, 4) is 0 Å². The molecule has 6 nitrogen and oxygen atoms in total. The molecule has 0 radical (unpaired) electrons. The molecule has 5 fully saturated rings. The van der Waals surface area contributed by atoms with E-state index in [1.54, 1.807) is 11.8 Å². The summed E-state index contributed by atoms with van der Waals surface area (Å²) < 4.78 is 0. The Morgan fingerprint density at radius 3 is 2.22 bits per heavy atom. The Morgan fingerprint density at radius 1 is 1.07 bits per heavy atom. The number of amides is 3. The fourth-order valence-corrected chi connectivity index (χ4v) is 6.64. The molecule has 6 heteroatoms. The lowest BCUT2D eigenvalue weighted by Gasteiger charge is -2.55. The fourth-order valence-electron chi connectivity index (χ4n) is 6.64. The Labute approximate surface area is 161 Å². The molecule has 0 unspecified atom stereocenters. The van der Waals surface area contributed by atoms with Crippen molar-refractivity contribution in [3.05, 3.63) is 0 Å². The van der Waals surface area contributed by atoms with Gasteiger partial charge in [-0.2, -0.15) is 0 Å². The van der Waals surface area contributed by atoms with E-state index in [0.29, 0.717) is 37.3 Å². The molecule has 0 aromatic rings. The highest BCUT2D eigenvalue weighted by Crippen LogP contribution is 2.60. The lowest BCUT2D eigenvalue weighted by molar-refractivity contribution is -0.150. The summed E-state index contributed by atoms with van der Waals surface area (Å²) in [7, 11) is 0. The third-order valence-corrected chi connectivity index (χ3v) is 7.43. The lowest BCUT2D eigenvalue weighted by atomic mass is 9.49. The number of hydrogen-bond donors (Lipinski definition) is 2. The molecule has 5 aliphatic rings. The highest BCUT2D eigenvalue weighted by Gasteiger charge is 2.55. The van der Waals surface area contributed by atoms with E-state index in [4.69, 9.17) is 0 Å². The first-order valence-corrected chi connectivity index (χ1v) is 10.8. The molecule has 4 bridgehead atoms. The van der Waals surface area contributed by atoms with Crippen LogP contribution in [0.1, 0.15) is 65.2 Å². The SMILES string of the molecule is CCNC(=O)[C@@H]1CCCN1C(=O)[C@H](C)NC(=O)C12CC3CC(CC(C3)C1)C2. The van der Waals surface area contributed by atoms with Gasteiger partial charge in [0.05, 0.1) is 0 Å². The van der Waals surface area contributed by atoms with Crippen molar-refractivity contribution in [2.24, 2.45) is 23.2 Å². The Kier molecular flexibility index (Phi) is 4.93. The molecular weight excluding hydrogens is 342 g/mol. The monoisotopic (exact) mass is 375 g/mol. The van der Waals surface area contributed by atoms with Gasteiger partial charge in [0.1, 0.15) is 12.1 Å². The topological polar surface area (TPSA) is 78.5 Å². The van der Waals surface area contributed by atoms with Crippen molar-refractivity contribution in [2.75, 3.05) is 13.1 Å². The molecule has 0 spiro atoms. The van der Waals surface area contributed by atoms with Crippen LogP contribution in [-0.2, 0) is 14.4 Å². The Bertz CT molecular complexity index is 597. The maximum atomic E-state index is 13.2. The van der Waals surface area contributed by atoms with E-state index in [-0.39, 0.29) is 23.1 Å². The van der Waals surface area contributed by atoms with Crippen molar-refractivity contribution in [1.29, 1.82) is 0 Å². The first-order valence-electron chi connectivity index (χ1n) is 10.8. The number of nitrogens with one attached hydrogen (secondary N) is 2. The van der Waals surface area contributed by atoms with Crippen LogP contribution in [-0.4, -0.2) is 47.8 Å². The summed E-state index contributed by atoms with van der Waals surface area (Å²) in [6, 6.07) is -0.961. The quantitative estimate of drug-likeness (QED) is 0.770. The number of carbonyl (C=O) groups is 3. The molecule has 2 atom stereocenters. The molecule has 3 amide bonds. The van der Waals surface area contributed by atoms with Crippen LogP contribution in [0.3, 0.4) is 0 Å². The average molecular weight is 376 g/mol. The maximum Gasteiger partial charge on any atom is 0.245 e. The molecule has 4 aliphatic carbocycles. The molecule has 5 rings (SSSR count). The second-order valence-electron chi connectivity index (χ2n) is 9.48. The van der Waals surface area contributed by atoms with Crippen LogP contribution in [0.4, 0.5) is 0 Å². The molecule has 1 saturated heterocycles. The summed E-state index contributed by atoms with van der Waals surface area (Å²) in [6.45, 7) is 4.81. The van der Waals surface area contributed by atoms with E-state index in [9.17, 15) is 14.4 Å². The van der Waals surface area contributed by atoms with E-state index in [1.807, 2.05) is 6.92 Å². The zero-order chi connectivity index (χ0) is 19.2. The fraction of sp³-hybridized carbons (Fsp3) is 0.857. The molecule has 27 heavy (non-hydrogen) atoms. The number of rotatable bonds is 5. The third kappa shape index (κ3) is 3.36. The molecular formula is C21H33N3O3. The Morgan fingerprint density at radius 2 is 1.67 bits per heavy atom. The predicted octanol–water partition coefficient (Wildman–Crippen LogP) is 1.83. The summed E-state index contributed by atoms with van der Waals surface area (Å²) in [4.78, 5) is 40.0.